The third kappa shape index (κ3) is 10.8. The molecule has 3 spiro atoms. The van der Waals surface area contributed by atoms with E-state index in [1.165, 1.54) is 269 Å². The van der Waals surface area contributed by atoms with Gasteiger partial charge in [-0.2, -0.15) is 0 Å². The van der Waals surface area contributed by atoms with Crippen LogP contribution in [0.4, 0.5) is 0 Å². The van der Waals surface area contributed by atoms with Crippen LogP contribution in [0.25, 0.3) is 160 Å². The lowest BCUT2D eigenvalue weighted by Gasteiger charge is -2.61. The summed E-state index contributed by atoms with van der Waals surface area (Å²) < 4.78 is 7.33. The molecule has 624 valence electrons. The Labute approximate surface area is 756 Å². The highest BCUT2D eigenvalue weighted by Crippen LogP contribution is 2.73. The molecule has 15 aliphatic carbocycles. The predicted molar refractivity (Wildman–Crippen MR) is 535 cm³/mol. The van der Waals surface area contributed by atoms with Crippen LogP contribution >= 0.6 is 0 Å². The van der Waals surface area contributed by atoms with Crippen molar-refractivity contribution >= 4 is 76.2 Å². The van der Waals surface area contributed by atoms with Crippen molar-refractivity contribution in [1.82, 2.24) is 13.7 Å². The monoisotopic (exact) mass is 1660 g/mol. The lowest BCUT2D eigenvalue weighted by atomic mass is 9.43. The van der Waals surface area contributed by atoms with Gasteiger partial charge in [-0.05, 0) is 388 Å². The van der Waals surface area contributed by atoms with E-state index < -0.39 is 0 Å². The first-order valence-electron chi connectivity index (χ1n) is 49.2. The number of nitrogens with zero attached hydrogens (tertiary/aromatic N) is 3. The van der Waals surface area contributed by atoms with Crippen molar-refractivity contribution in [3.63, 3.8) is 0 Å². The van der Waals surface area contributed by atoms with Crippen molar-refractivity contribution in [1.29, 1.82) is 0 Å². The molecule has 16 aromatic carbocycles. The van der Waals surface area contributed by atoms with E-state index >= 15 is 0 Å². The topological polar surface area (TPSA) is 14.8 Å². The average Bonchev–Trinajstić information content (AvgIpc) is 1.53. The minimum absolute atomic E-state index is 0.196. The lowest BCUT2D eigenvalue weighted by molar-refractivity contribution is -0.0601. The molecule has 0 saturated heterocycles. The van der Waals surface area contributed by atoms with Crippen LogP contribution < -0.4 is 0 Å². The zero-order valence-corrected chi connectivity index (χ0v) is 73.4. The molecule has 3 nitrogen and oxygen atoms in total. The molecule has 3 aromatic heterocycles. The van der Waals surface area contributed by atoms with Crippen LogP contribution in [-0.2, 0) is 22.7 Å². The van der Waals surface area contributed by atoms with Crippen molar-refractivity contribution in [2.75, 3.05) is 0 Å². The van der Waals surface area contributed by atoms with Gasteiger partial charge in [0, 0.05) is 65.6 Å². The quantitative estimate of drug-likeness (QED) is 0.151. The average molecular weight is 1660 g/mol. The summed E-state index contributed by atoms with van der Waals surface area (Å²) in [5.74, 6) is 10.9. The number of hydrogen-bond donors (Lipinski definition) is 0. The number of hydrogen-bond acceptors (Lipinski definition) is 0. The van der Waals surface area contributed by atoms with Crippen molar-refractivity contribution < 1.29 is 0 Å². The molecular weight excluding hydrogens is 1560 g/mol. The number of aromatic nitrogens is 3. The summed E-state index contributed by atoms with van der Waals surface area (Å²) in [6.07, 6.45) is 24.6. The van der Waals surface area contributed by atoms with Gasteiger partial charge < -0.3 is 13.7 Å². The molecule has 0 unspecified atom stereocenters. The maximum atomic E-state index is 2.64. The Morgan fingerprint density at radius 1 is 0.194 bits per heavy atom. The summed E-state index contributed by atoms with van der Waals surface area (Å²) in [5.41, 5.74) is 38.6. The van der Waals surface area contributed by atoms with Crippen LogP contribution in [0, 0.1) is 71.0 Å². The highest BCUT2D eigenvalue weighted by molar-refractivity contribution is 6.13. The number of benzene rings is 16. The fourth-order valence-corrected chi connectivity index (χ4v) is 32.0. The molecule has 19 aromatic rings. The van der Waals surface area contributed by atoms with Crippen LogP contribution in [-0.4, -0.2) is 13.7 Å². The highest BCUT2D eigenvalue weighted by atomic mass is 15.0. The van der Waals surface area contributed by atoms with E-state index in [1.54, 1.807) is 33.4 Å². The Morgan fingerprint density at radius 3 is 1.08 bits per heavy atom. The maximum absolute atomic E-state index is 2.64. The first kappa shape index (κ1) is 74.1. The number of para-hydroxylation sites is 4. The minimum Gasteiger partial charge on any atom is -0.309 e. The molecule has 3 heterocycles. The van der Waals surface area contributed by atoms with Crippen LogP contribution in [0.3, 0.4) is 0 Å². The smallest absolute Gasteiger partial charge is 0.0547 e. The second kappa shape index (κ2) is 28.1. The minimum atomic E-state index is 0.196. The Hall–Kier alpha value is -12.8. The summed E-state index contributed by atoms with van der Waals surface area (Å²) in [4.78, 5) is 0. The molecule has 129 heavy (non-hydrogen) atoms. The Morgan fingerprint density at radius 2 is 0.543 bits per heavy atom. The normalized spacial score (nSPS) is 26.6. The zero-order chi connectivity index (χ0) is 84.1. The van der Waals surface area contributed by atoms with E-state index in [1.807, 2.05) is 0 Å². The number of rotatable bonds is 7. The Bertz CT molecular complexity index is 7770. The molecule has 12 fully saturated rings. The van der Waals surface area contributed by atoms with E-state index in [0.717, 1.165) is 71.0 Å². The second-order valence-electron chi connectivity index (χ2n) is 42.2. The van der Waals surface area contributed by atoms with Crippen molar-refractivity contribution in [3.8, 4) is 83.8 Å². The van der Waals surface area contributed by atoms with Crippen LogP contribution in [0.2, 0.25) is 0 Å². The Balaban J connectivity index is 0.0000000962. The van der Waals surface area contributed by atoms with Crippen LogP contribution in [0.15, 0.2) is 358 Å². The van der Waals surface area contributed by atoms with E-state index in [0.29, 0.717) is 5.41 Å². The number of fused-ring (bicyclic) bond motifs is 17. The van der Waals surface area contributed by atoms with Crippen LogP contribution in [0.5, 0.6) is 0 Å². The van der Waals surface area contributed by atoms with Gasteiger partial charge in [-0.3, -0.25) is 0 Å². The molecular formula is C126H105N3. The van der Waals surface area contributed by atoms with E-state index in [2.05, 4.69) is 372 Å². The summed E-state index contributed by atoms with van der Waals surface area (Å²) in [6, 6.07) is 136. The van der Waals surface area contributed by atoms with Crippen molar-refractivity contribution in [2.45, 2.75) is 125 Å². The molecule has 15 aliphatic rings. The van der Waals surface area contributed by atoms with Gasteiger partial charge in [-0.15, -0.1) is 0 Å². The molecule has 0 radical (unpaired) electrons. The standard InChI is InChI=1S/C46H37N.C44H35N.C36H33N/c1-2-8-31(9-3-1)32-14-18-37(19-15-32)47-44-13-7-5-11-40(44)41-27-33(17-21-45(41)47)34-16-20-39-38-10-4-6-12-42(38)46(43(39)28-34)35-23-29-22-30(25-35)26-36(46)24-29;1-2-8-30-24-35(16-13-29(30)7-1)45-42-12-6-4-10-38(42)39-25-31(15-18-43(39)45)32-14-17-37-36-9-3-5-11-40(36)44(41(37)26-32)33-20-27-19-28(22-33)23-34(44)21-27;1-2-6-30(7-3-1)37-34-9-5-4-8-31(34)32-13-12-27(22-35(32)37)26-11-10-25-14-15-36(33(25)21-26)28-17-23-16-24(19-28)20-29(36)18-23/h1-21,27-30,35-36H,22-26H2;1-18,24-28,33-34H,19-23H2;1-13,21-24,28-29H,14-20H2. The van der Waals surface area contributed by atoms with E-state index in [4.69, 9.17) is 0 Å². The van der Waals surface area contributed by atoms with Gasteiger partial charge in [-0.1, -0.05) is 261 Å². The Kier molecular flexibility index (Phi) is 16.1. The summed E-state index contributed by atoms with van der Waals surface area (Å²) in [5, 5.41) is 10.5. The van der Waals surface area contributed by atoms with E-state index in [9.17, 15) is 0 Å². The third-order valence-electron chi connectivity index (χ3n) is 36.4. The zero-order valence-electron chi connectivity index (χ0n) is 73.4. The molecule has 12 saturated carbocycles. The van der Waals surface area contributed by atoms with Gasteiger partial charge in [0.2, 0.25) is 0 Å². The molecule has 34 rings (SSSR count). The maximum Gasteiger partial charge on any atom is 0.0547 e. The summed E-state index contributed by atoms with van der Waals surface area (Å²) >= 11 is 0. The van der Waals surface area contributed by atoms with Gasteiger partial charge >= 0.3 is 0 Å². The predicted octanol–water partition coefficient (Wildman–Crippen LogP) is 32.3. The molecule has 3 heteroatoms. The fraction of sp³-hybridized carbons (Fsp3) is 0.254. The summed E-state index contributed by atoms with van der Waals surface area (Å²) in [6.45, 7) is 0. The number of aryl methyl sites for hydroxylation is 1. The third-order valence-corrected chi connectivity index (χ3v) is 36.4. The van der Waals surface area contributed by atoms with Gasteiger partial charge in [0.1, 0.15) is 0 Å². The largest absolute Gasteiger partial charge is 0.309 e. The van der Waals surface area contributed by atoms with Crippen molar-refractivity contribution in [2.24, 2.45) is 71.0 Å². The van der Waals surface area contributed by atoms with E-state index in [-0.39, 0.29) is 10.8 Å². The molecule has 0 N–H and O–H groups in total. The van der Waals surface area contributed by atoms with Crippen molar-refractivity contribution in [3.05, 3.63) is 391 Å². The van der Waals surface area contributed by atoms with Gasteiger partial charge in [0.05, 0.1) is 33.1 Å². The van der Waals surface area contributed by atoms with Gasteiger partial charge in [0.15, 0.2) is 0 Å². The fourth-order valence-electron chi connectivity index (χ4n) is 32.0. The summed E-state index contributed by atoms with van der Waals surface area (Å²) in [7, 11) is 0. The highest BCUT2D eigenvalue weighted by Gasteiger charge is 2.64. The first-order chi connectivity index (χ1) is 63.8. The lowest BCUT2D eigenvalue weighted by Crippen LogP contribution is -2.55. The van der Waals surface area contributed by atoms with Gasteiger partial charge in [-0.25, -0.2) is 0 Å². The second-order valence-corrected chi connectivity index (χ2v) is 42.2. The molecule has 0 aliphatic heterocycles. The first-order valence-corrected chi connectivity index (χ1v) is 49.2. The van der Waals surface area contributed by atoms with Crippen LogP contribution in [0.1, 0.15) is 136 Å². The molecule has 0 amide bonds. The molecule has 12 bridgehead atoms. The SMILES string of the molecule is c1ccc(-c2ccc(-n3c4ccccc4c4cc(-c5ccc6c(c5)C5(c7ccccc7-6)C6CC7CC(C6)CC5C7)ccc43)cc2)cc1.c1ccc(-n2c3ccccc3c3ccc(-c4ccc5c(c4)C4(CC5)C5CC6CC(C5)CC4C6)cc32)cc1.c1ccc2c(c1)-c1ccc(-c3ccc4c(c3)c3ccccc3n4-c3ccc4ccccc4c3)cc1C21C2CC3CC(C2)CC1C3. The van der Waals surface area contributed by atoms with Gasteiger partial charge in [0.25, 0.3) is 0 Å². The molecule has 0 atom stereocenters.